The minimum absolute atomic E-state index is 0.267. The summed E-state index contributed by atoms with van der Waals surface area (Å²) >= 11 is 0. The van der Waals surface area contributed by atoms with Crippen molar-refractivity contribution in [2.75, 3.05) is 20.3 Å². The van der Waals surface area contributed by atoms with Crippen LogP contribution < -0.4 is 20.1 Å². The molecule has 1 atom stereocenters. The highest BCUT2D eigenvalue weighted by Gasteiger charge is 2.17. The van der Waals surface area contributed by atoms with Crippen molar-refractivity contribution in [2.24, 2.45) is 0 Å². The number of H-pyrrole nitrogens is 1. The van der Waals surface area contributed by atoms with Crippen LogP contribution in [0.25, 0.3) is 11.0 Å². The maximum atomic E-state index is 12.6. The second kappa shape index (κ2) is 9.67. The van der Waals surface area contributed by atoms with E-state index in [2.05, 4.69) is 20.6 Å². The van der Waals surface area contributed by atoms with E-state index in [-0.39, 0.29) is 12.1 Å². The molecule has 3 N–H and O–H groups in total. The van der Waals surface area contributed by atoms with E-state index in [1.807, 2.05) is 72.8 Å². The summed E-state index contributed by atoms with van der Waals surface area (Å²) in [6.45, 7) is 0.731. The molecule has 4 rings (SSSR count). The van der Waals surface area contributed by atoms with Gasteiger partial charge in [-0.15, -0.1) is 0 Å². The molecule has 1 aromatic heterocycles. The molecule has 31 heavy (non-hydrogen) atoms. The quantitative estimate of drug-likeness (QED) is 0.378. The Morgan fingerprint density at radius 2 is 1.77 bits per heavy atom. The number of fused-ring (bicyclic) bond motifs is 1. The first-order chi connectivity index (χ1) is 15.2. The number of urea groups is 1. The van der Waals surface area contributed by atoms with Gasteiger partial charge >= 0.3 is 6.03 Å². The van der Waals surface area contributed by atoms with E-state index in [4.69, 9.17) is 9.47 Å². The minimum atomic E-state index is -0.295. The molecule has 4 aromatic rings. The second-order valence-corrected chi connectivity index (χ2v) is 6.95. The SMILES string of the molecule is COc1ccc(OCCNC(=O)N[C@@H](c2ccccc2)c2ccc3nc[nH]c3c2)cc1. The number of aromatic nitrogens is 2. The predicted octanol–water partition coefficient (Wildman–Crippen LogP) is 4.04. The number of rotatable bonds is 8. The largest absolute Gasteiger partial charge is 0.497 e. The molecule has 0 fully saturated rings. The van der Waals surface area contributed by atoms with Gasteiger partial charge in [-0.05, 0) is 47.5 Å². The van der Waals surface area contributed by atoms with Gasteiger partial charge in [-0.3, -0.25) is 0 Å². The molecule has 3 aromatic carbocycles. The third-order valence-electron chi connectivity index (χ3n) is 4.90. The zero-order chi connectivity index (χ0) is 21.5. The average molecular weight is 416 g/mol. The fourth-order valence-electron chi connectivity index (χ4n) is 3.32. The van der Waals surface area contributed by atoms with Crippen LogP contribution in [0.1, 0.15) is 17.2 Å². The molecule has 0 spiro atoms. The van der Waals surface area contributed by atoms with E-state index in [0.717, 1.165) is 33.7 Å². The van der Waals surface area contributed by atoms with Crippen molar-refractivity contribution in [1.82, 2.24) is 20.6 Å². The lowest BCUT2D eigenvalue weighted by Gasteiger charge is -2.20. The highest BCUT2D eigenvalue weighted by molar-refractivity contribution is 5.77. The highest BCUT2D eigenvalue weighted by atomic mass is 16.5. The molecule has 7 heteroatoms. The first-order valence-electron chi connectivity index (χ1n) is 10.0. The number of nitrogens with one attached hydrogen (secondary N) is 3. The average Bonchev–Trinajstić information content (AvgIpc) is 3.29. The summed E-state index contributed by atoms with van der Waals surface area (Å²) in [4.78, 5) is 20.0. The lowest BCUT2D eigenvalue weighted by atomic mass is 9.98. The standard InChI is InChI=1S/C24H24N4O3/c1-30-19-8-10-20(11-9-19)31-14-13-25-24(29)28-23(17-5-3-2-4-6-17)18-7-12-21-22(15-18)27-16-26-21/h2-12,15-16,23H,13-14H2,1H3,(H,26,27)(H2,25,28,29)/t23-/m0/s1. The molecule has 0 saturated heterocycles. The molecule has 0 unspecified atom stereocenters. The molecule has 1 heterocycles. The first-order valence-corrected chi connectivity index (χ1v) is 10.0. The maximum absolute atomic E-state index is 12.6. The molecule has 7 nitrogen and oxygen atoms in total. The van der Waals surface area contributed by atoms with E-state index in [1.165, 1.54) is 0 Å². The Labute approximate surface area is 180 Å². The predicted molar refractivity (Wildman–Crippen MR) is 119 cm³/mol. The fourth-order valence-corrected chi connectivity index (χ4v) is 3.32. The van der Waals surface area contributed by atoms with Crippen molar-refractivity contribution in [2.45, 2.75) is 6.04 Å². The van der Waals surface area contributed by atoms with E-state index < -0.39 is 0 Å². The molecule has 0 aliphatic heterocycles. The second-order valence-electron chi connectivity index (χ2n) is 6.95. The van der Waals surface area contributed by atoms with Gasteiger partial charge in [0.25, 0.3) is 0 Å². The van der Waals surface area contributed by atoms with Crippen molar-refractivity contribution in [1.29, 1.82) is 0 Å². The Morgan fingerprint density at radius 3 is 2.55 bits per heavy atom. The van der Waals surface area contributed by atoms with Crippen LogP contribution in [0.3, 0.4) is 0 Å². The number of nitrogens with zero attached hydrogens (tertiary/aromatic N) is 1. The zero-order valence-corrected chi connectivity index (χ0v) is 17.2. The molecule has 0 aliphatic rings. The van der Waals surface area contributed by atoms with Crippen LogP contribution in [-0.4, -0.2) is 36.3 Å². The van der Waals surface area contributed by atoms with Gasteiger partial charge in [-0.2, -0.15) is 0 Å². The molecule has 2 amide bonds. The van der Waals surface area contributed by atoms with Crippen LogP contribution in [0.4, 0.5) is 4.79 Å². The third kappa shape index (κ3) is 5.14. The number of hydrogen-bond acceptors (Lipinski definition) is 4. The number of carbonyl (C=O) groups excluding carboxylic acids is 1. The summed E-state index contributed by atoms with van der Waals surface area (Å²) < 4.78 is 10.8. The molecule has 0 aliphatic carbocycles. The van der Waals surface area contributed by atoms with Gasteiger partial charge in [0.15, 0.2) is 0 Å². The summed E-state index contributed by atoms with van der Waals surface area (Å²) in [5.74, 6) is 1.49. The van der Waals surface area contributed by atoms with Crippen LogP contribution in [0.15, 0.2) is 79.1 Å². The van der Waals surface area contributed by atoms with E-state index in [9.17, 15) is 4.79 Å². The lowest BCUT2D eigenvalue weighted by molar-refractivity contribution is 0.234. The number of imidazole rings is 1. The Hall–Kier alpha value is -4.00. The normalized spacial score (nSPS) is 11.6. The maximum Gasteiger partial charge on any atom is 0.315 e. The first kappa shape index (κ1) is 20.3. The number of amides is 2. The van der Waals surface area contributed by atoms with Gasteiger partial charge < -0.3 is 25.1 Å². The van der Waals surface area contributed by atoms with Gasteiger partial charge in [-0.25, -0.2) is 9.78 Å². The monoisotopic (exact) mass is 416 g/mol. The van der Waals surface area contributed by atoms with Crippen LogP contribution in [0, 0.1) is 0 Å². The van der Waals surface area contributed by atoms with Crippen molar-refractivity contribution in [3.05, 3.63) is 90.3 Å². The summed E-state index contributed by atoms with van der Waals surface area (Å²) in [5.41, 5.74) is 3.77. The Morgan fingerprint density at radius 1 is 1.00 bits per heavy atom. The molecule has 158 valence electrons. The molecule has 0 bridgehead atoms. The molecule has 0 radical (unpaired) electrons. The summed E-state index contributed by atoms with van der Waals surface area (Å²) in [7, 11) is 1.62. The van der Waals surface area contributed by atoms with Crippen LogP contribution in [-0.2, 0) is 0 Å². The van der Waals surface area contributed by atoms with Crippen LogP contribution in [0.2, 0.25) is 0 Å². The highest BCUT2D eigenvalue weighted by Crippen LogP contribution is 2.24. The van der Waals surface area contributed by atoms with Crippen LogP contribution >= 0.6 is 0 Å². The van der Waals surface area contributed by atoms with Crippen molar-refractivity contribution >= 4 is 17.1 Å². The summed E-state index contributed by atoms with van der Waals surface area (Å²) in [6, 6.07) is 22.5. The number of benzene rings is 3. The van der Waals surface area contributed by atoms with Gasteiger partial charge in [0.05, 0.1) is 37.1 Å². The van der Waals surface area contributed by atoms with Gasteiger partial charge in [0, 0.05) is 0 Å². The Kier molecular flexibility index (Phi) is 6.32. The number of hydrogen-bond donors (Lipinski definition) is 3. The number of carbonyl (C=O) groups is 1. The Bertz CT molecular complexity index is 1130. The molecular formula is C24H24N4O3. The van der Waals surface area contributed by atoms with Gasteiger partial charge in [0.2, 0.25) is 0 Å². The number of aromatic amines is 1. The van der Waals surface area contributed by atoms with E-state index >= 15 is 0 Å². The number of ether oxygens (including phenoxy) is 2. The van der Waals surface area contributed by atoms with Gasteiger partial charge in [0.1, 0.15) is 18.1 Å². The Balaban J connectivity index is 1.37. The van der Waals surface area contributed by atoms with E-state index in [0.29, 0.717) is 13.2 Å². The number of methoxy groups -OCH3 is 1. The molecule has 0 saturated carbocycles. The summed E-state index contributed by atoms with van der Waals surface area (Å²) in [5, 5.41) is 5.92. The topological polar surface area (TPSA) is 88.3 Å². The van der Waals surface area contributed by atoms with E-state index in [1.54, 1.807) is 13.4 Å². The summed E-state index contributed by atoms with van der Waals surface area (Å²) in [6.07, 6.45) is 1.66. The lowest BCUT2D eigenvalue weighted by Crippen LogP contribution is -2.40. The fraction of sp³-hybridized carbons (Fsp3) is 0.167. The van der Waals surface area contributed by atoms with Crippen molar-refractivity contribution < 1.29 is 14.3 Å². The minimum Gasteiger partial charge on any atom is -0.497 e. The molecular weight excluding hydrogens is 392 g/mol. The smallest absolute Gasteiger partial charge is 0.315 e. The van der Waals surface area contributed by atoms with Crippen LogP contribution in [0.5, 0.6) is 11.5 Å². The van der Waals surface area contributed by atoms with Crippen molar-refractivity contribution in [3.8, 4) is 11.5 Å². The third-order valence-corrected chi connectivity index (χ3v) is 4.90. The zero-order valence-electron chi connectivity index (χ0n) is 17.2. The van der Waals surface area contributed by atoms with Gasteiger partial charge in [-0.1, -0.05) is 36.4 Å². The van der Waals surface area contributed by atoms with Crippen molar-refractivity contribution in [3.63, 3.8) is 0 Å².